The van der Waals surface area contributed by atoms with Crippen molar-refractivity contribution < 1.29 is 17.9 Å². The number of piperidine rings is 1. The zero-order valence-electron chi connectivity index (χ0n) is 13.1. The van der Waals surface area contributed by atoms with E-state index < -0.39 is 10.0 Å². The third-order valence-electron chi connectivity index (χ3n) is 4.49. The second-order valence-corrected chi connectivity index (χ2v) is 7.65. The number of ether oxygens (including phenoxy) is 2. The van der Waals surface area contributed by atoms with Crippen LogP contribution in [-0.4, -0.2) is 51.7 Å². The van der Waals surface area contributed by atoms with Crippen LogP contribution in [-0.2, 0) is 21.2 Å². The van der Waals surface area contributed by atoms with E-state index in [4.69, 9.17) is 15.2 Å². The molecule has 0 aliphatic carbocycles. The lowest BCUT2D eigenvalue weighted by Gasteiger charge is -2.37. The third kappa shape index (κ3) is 3.49. The van der Waals surface area contributed by atoms with Gasteiger partial charge < -0.3 is 15.2 Å². The molecule has 1 saturated heterocycles. The molecule has 0 bridgehead atoms. The maximum absolute atomic E-state index is 12.9. The Bertz CT molecular complexity index is 653. The van der Waals surface area contributed by atoms with Crippen molar-refractivity contribution >= 4 is 22.4 Å². The van der Waals surface area contributed by atoms with Crippen molar-refractivity contribution in [1.29, 1.82) is 0 Å². The maximum Gasteiger partial charge on any atom is 0.243 e. The first-order valence-corrected chi connectivity index (χ1v) is 9.00. The number of methoxy groups -OCH3 is 1. The van der Waals surface area contributed by atoms with Gasteiger partial charge in [0.15, 0.2) is 0 Å². The summed E-state index contributed by atoms with van der Waals surface area (Å²) < 4.78 is 38.2. The monoisotopic (exact) mass is 362 g/mol. The maximum atomic E-state index is 12.9. The summed E-state index contributed by atoms with van der Waals surface area (Å²) in [6, 6.07) is 4.88. The second-order valence-electron chi connectivity index (χ2n) is 5.76. The van der Waals surface area contributed by atoms with Gasteiger partial charge >= 0.3 is 0 Å². The first-order valence-electron chi connectivity index (χ1n) is 7.56. The van der Waals surface area contributed by atoms with E-state index in [1.54, 1.807) is 25.3 Å². The normalized spacial score (nSPS) is 24.6. The molecule has 1 aromatic rings. The van der Waals surface area contributed by atoms with Gasteiger partial charge in [-0.1, -0.05) is 0 Å². The molecular formula is C15H23ClN2O4S. The predicted molar refractivity (Wildman–Crippen MR) is 89.7 cm³/mol. The zero-order chi connectivity index (χ0) is 15.7. The van der Waals surface area contributed by atoms with E-state index in [2.05, 4.69) is 0 Å². The standard InChI is InChI=1S/C15H22N2O4S.ClH/c1-20-13-4-6-17(12(9-13)10-16)22(18,19)14-2-3-15-11(8-14)5-7-21-15;/h2-3,8,12-13H,4-7,9-10,16H2,1H3;1H. The molecule has 2 atom stereocenters. The highest BCUT2D eigenvalue weighted by atomic mass is 35.5. The van der Waals surface area contributed by atoms with Crippen molar-refractivity contribution in [3.05, 3.63) is 23.8 Å². The first-order chi connectivity index (χ1) is 10.6. The molecule has 2 N–H and O–H groups in total. The third-order valence-corrected chi connectivity index (χ3v) is 6.43. The molecule has 0 saturated carbocycles. The van der Waals surface area contributed by atoms with Crippen molar-refractivity contribution in [2.45, 2.75) is 36.3 Å². The lowest BCUT2D eigenvalue weighted by molar-refractivity contribution is 0.0401. The van der Waals surface area contributed by atoms with Gasteiger partial charge in [-0.3, -0.25) is 0 Å². The molecule has 0 aromatic heterocycles. The Morgan fingerprint density at radius 3 is 2.91 bits per heavy atom. The molecule has 0 spiro atoms. The van der Waals surface area contributed by atoms with Crippen molar-refractivity contribution in [3.8, 4) is 5.75 Å². The summed E-state index contributed by atoms with van der Waals surface area (Å²) in [5.41, 5.74) is 6.75. The highest BCUT2D eigenvalue weighted by Gasteiger charge is 2.36. The van der Waals surface area contributed by atoms with Crippen LogP contribution in [0.5, 0.6) is 5.75 Å². The number of nitrogens with zero attached hydrogens (tertiary/aromatic N) is 1. The SMILES string of the molecule is COC1CCN(S(=O)(=O)c2ccc3c(c2)CCO3)C(CN)C1.Cl. The number of nitrogens with two attached hydrogens (primary N) is 1. The van der Waals surface area contributed by atoms with Crippen LogP contribution in [0.15, 0.2) is 23.1 Å². The Morgan fingerprint density at radius 2 is 2.22 bits per heavy atom. The summed E-state index contributed by atoms with van der Waals surface area (Å²) in [4.78, 5) is 0.325. The summed E-state index contributed by atoms with van der Waals surface area (Å²) in [6.07, 6.45) is 2.17. The fourth-order valence-corrected chi connectivity index (χ4v) is 4.91. The lowest BCUT2D eigenvalue weighted by atomic mass is 10.0. The molecular weight excluding hydrogens is 340 g/mol. The van der Waals surface area contributed by atoms with Crippen molar-refractivity contribution in [1.82, 2.24) is 4.31 Å². The van der Waals surface area contributed by atoms with Gasteiger partial charge in [0.05, 0.1) is 17.6 Å². The predicted octanol–water partition coefficient (Wildman–Crippen LogP) is 1.17. The number of benzene rings is 1. The fraction of sp³-hybridized carbons (Fsp3) is 0.600. The van der Waals surface area contributed by atoms with Gasteiger partial charge in [-0.15, -0.1) is 12.4 Å². The Labute approximate surface area is 143 Å². The molecule has 2 heterocycles. The first kappa shape index (κ1) is 18.5. The smallest absolute Gasteiger partial charge is 0.243 e. The minimum absolute atomic E-state index is 0. The van der Waals surface area contributed by atoms with Crippen LogP contribution in [0.2, 0.25) is 0 Å². The van der Waals surface area contributed by atoms with Gasteiger partial charge in [0.25, 0.3) is 0 Å². The van der Waals surface area contributed by atoms with E-state index >= 15 is 0 Å². The number of hydrogen-bond donors (Lipinski definition) is 1. The number of sulfonamides is 1. The summed E-state index contributed by atoms with van der Waals surface area (Å²) in [5, 5.41) is 0. The zero-order valence-corrected chi connectivity index (χ0v) is 14.7. The molecule has 6 nitrogen and oxygen atoms in total. The average Bonchev–Trinajstić information content (AvgIpc) is 3.01. The largest absolute Gasteiger partial charge is 0.493 e. The number of fused-ring (bicyclic) bond motifs is 1. The van der Waals surface area contributed by atoms with Gasteiger partial charge in [0.2, 0.25) is 10.0 Å². The van der Waals surface area contributed by atoms with Crippen LogP contribution in [0.1, 0.15) is 18.4 Å². The van der Waals surface area contributed by atoms with Gasteiger partial charge in [-0.2, -0.15) is 4.31 Å². The van der Waals surface area contributed by atoms with E-state index in [1.807, 2.05) is 0 Å². The van der Waals surface area contributed by atoms with E-state index in [9.17, 15) is 8.42 Å². The van der Waals surface area contributed by atoms with Crippen LogP contribution < -0.4 is 10.5 Å². The number of hydrogen-bond acceptors (Lipinski definition) is 5. The molecule has 1 aromatic carbocycles. The van der Waals surface area contributed by atoms with E-state index in [-0.39, 0.29) is 24.6 Å². The Balaban J connectivity index is 0.00000192. The fourth-order valence-electron chi connectivity index (χ4n) is 3.20. The molecule has 1 fully saturated rings. The molecule has 23 heavy (non-hydrogen) atoms. The molecule has 0 radical (unpaired) electrons. The molecule has 2 aliphatic rings. The van der Waals surface area contributed by atoms with Crippen LogP contribution in [0.4, 0.5) is 0 Å². The second kappa shape index (κ2) is 7.36. The Morgan fingerprint density at radius 1 is 1.43 bits per heavy atom. The topological polar surface area (TPSA) is 81.9 Å². The van der Waals surface area contributed by atoms with E-state index in [0.29, 0.717) is 37.4 Å². The van der Waals surface area contributed by atoms with Crippen LogP contribution >= 0.6 is 12.4 Å². The molecule has 2 aliphatic heterocycles. The molecule has 8 heteroatoms. The Hall–Kier alpha value is -0.860. The highest BCUT2D eigenvalue weighted by molar-refractivity contribution is 7.89. The van der Waals surface area contributed by atoms with Gasteiger partial charge in [0, 0.05) is 32.7 Å². The summed E-state index contributed by atoms with van der Waals surface area (Å²) >= 11 is 0. The number of halogens is 1. The minimum atomic E-state index is -3.53. The van der Waals surface area contributed by atoms with Crippen molar-refractivity contribution in [2.24, 2.45) is 5.73 Å². The minimum Gasteiger partial charge on any atom is -0.493 e. The van der Waals surface area contributed by atoms with Crippen molar-refractivity contribution in [3.63, 3.8) is 0 Å². The van der Waals surface area contributed by atoms with Crippen molar-refractivity contribution in [2.75, 3.05) is 26.8 Å². The highest BCUT2D eigenvalue weighted by Crippen LogP contribution is 2.31. The van der Waals surface area contributed by atoms with Crippen LogP contribution in [0, 0.1) is 0 Å². The summed E-state index contributed by atoms with van der Waals surface area (Å²) in [7, 11) is -1.88. The summed E-state index contributed by atoms with van der Waals surface area (Å²) in [6.45, 7) is 1.35. The van der Waals surface area contributed by atoms with Gasteiger partial charge in [-0.25, -0.2) is 8.42 Å². The molecule has 2 unspecified atom stereocenters. The quantitative estimate of drug-likeness (QED) is 0.869. The number of rotatable bonds is 4. The molecule has 3 rings (SSSR count). The average molecular weight is 363 g/mol. The lowest BCUT2D eigenvalue weighted by Crippen LogP contribution is -2.51. The summed E-state index contributed by atoms with van der Waals surface area (Å²) in [5.74, 6) is 0.785. The Kier molecular flexibility index (Phi) is 5.91. The van der Waals surface area contributed by atoms with E-state index in [0.717, 1.165) is 17.7 Å². The van der Waals surface area contributed by atoms with Gasteiger partial charge in [-0.05, 0) is 36.6 Å². The van der Waals surface area contributed by atoms with Crippen LogP contribution in [0.3, 0.4) is 0 Å². The molecule has 130 valence electrons. The van der Waals surface area contributed by atoms with Crippen LogP contribution in [0.25, 0.3) is 0 Å². The molecule has 0 amide bonds. The van der Waals surface area contributed by atoms with E-state index in [1.165, 1.54) is 4.31 Å². The van der Waals surface area contributed by atoms with Gasteiger partial charge in [0.1, 0.15) is 5.75 Å².